The van der Waals surface area contributed by atoms with Crippen LogP contribution < -0.4 is 25.7 Å². The summed E-state index contributed by atoms with van der Waals surface area (Å²) >= 11 is 13.4. The molecule has 3 heterocycles. The highest BCUT2D eigenvalue weighted by atomic mass is 35.5. The van der Waals surface area contributed by atoms with Crippen molar-refractivity contribution in [3.05, 3.63) is 50.4 Å². The number of hydrogen-bond donors (Lipinski definition) is 2. The zero-order chi connectivity index (χ0) is 31.5. The van der Waals surface area contributed by atoms with E-state index in [1.54, 1.807) is 33.9 Å². The highest BCUT2D eigenvalue weighted by Gasteiger charge is 2.32. The molecule has 0 bridgehead atoms. The summed E-state index contributed by atoms with van der Waals surface area (Å²) in [7, 11) is 2.94. The monoisotopic (exact) mass is 627 g/mol. The van der Waals surface area contributed by atoms with Crippen molar-refractivity contribution >= 4 is 46.1 Å². The maximum atomic E-state index is 14.0. The number of benzene rings is 1. The van der Waals surface area contributed by atoms with Gasteiger partial charge in [-0.05, 0) is 18.4 Å². The predicted molar refractivity (Wildman–Crippen MR) is 168 cm³/mol. The Morgan fingerprint density at radius 2 is 1.84 bits per heavy atom. The van der Waals surface area contributed by atoms with Gasteiger partial charge in [-0.3, -0.25) is 14.2 Å². The van der Waals surface area contributed by atoms with Gasteiger partial charge in [0.05, 0.1) is 29.8 Å². The van der Waals surface area contributed by atoms with Crippen LogP contribution in [0.15, 0.2) is 34.8 Å². The van der Waals surface area contributed by atoms with Crippen LogP contribution in [0.5, 0.6) is 11.5 Å². The minimum absolute atomic E-state index is 0.0159. The first-order valence-electron chi connectivity index (χ1n) is 13.8. The van der Waals surface area contributed by atoms with E-state index in [-0.39, 0.29) is 56.2 Å². The summed E-state index contributed by atoms with van der Waals surface area (Å²) in [6.45, 7) is 9.96. The number of pyridine rings is 1. The van der Waals surface area contributed by atoms with Gasteiger partial charge in [0.25, 0.3) is 11.5 Å². The molecule has 1 amide bonds. The Morgan fingerprint density at radius 1 is 1.19 bits per heavy atom. The number of anilines is 1. The van der Waals surface area contributed by atoms with E-state index in [2.05, 4.69) is 20.6 Å². The Hall–Kier alpha value is -3.85. The van der Waals surface area contributed by atoms with E-state index in [9.17, 15) is 14.9 Å². The number of hydrogen-bond acceptors (Lipinski definition) is 9. The Kier molecular flexibility index (Phi) is 9.85. The predicted octanol–water partition coefficient (Wildman–Crippen LogP) is 4.51. The number of rotatable bonds is 10. The van der Waals surface area contributed by atoms with Crippen LogP contribution in [0.2, 0.25) is 10.0 Å². The summed E-state index contributed by atoms with van der Waals surface area (Å²) in [5.41, 5.74) is 0.478. The molecule has 0 radical (unpaired) electrons. The average Bonchev–Trinajstić information content (AvgIpc) is 2.94. The van der Waals surface area contributed by atoms with Gasteiger partial charge in [0, 0.05) is 62.0 Å². The standard InChI is InChI=1S/C30H35Cl2N7O4/c1-7-34-29-36-14-17-10-20(23-24(31)21(42-5)11-22(43-6)25(23)32)28(41)39(26(17)37-29)9-8-35-19-15-38(16-19)27(40)18(13-33)12-30(2,3)4/h10-12,14,19,35H,7-9,15-16H2,1-6H3,(H,34,36,37). The SMILES string of the molecule is CCNc1ncc2cc(-c3c(Cl)c(OC)cc(OC)c3Cl)c(=O)n(CCNC3CN(C(=O)C(C#N)=CC(C)(C)C)C3)c2n1. The number of nitriles is 1. The van der Waals surface area contributed by atoms with Crippen molar-refractivity contribution in [1.29, 1.82) is 5.26 Å². The second kappa shape index (κ2) is 13.2. The number of allylic oxidation sites excluding steroid dienone is 1. The van der Waals surface area contributed by atoms with Crippen LogP contribution in [0, 0.1) is 16.7 Å². The molecular formula is C30H35Cl2N7O4. The van der Waals surface area contributed by atoms with Crippen LogP contribution in [0.1, 0.15) is 27.7 Å². The summed E-state index contributed by atoms with van der Waals surface area (Å²) in [5, 5.41) is 16.9. The van der Waals surface area contributed by atoms with Gasteiger partial charge in [0.1, 0.15) is 28.8 Å². The molecular weight excluding hydrogens is 593 g/mol. The minimum Gasteiger partial charge on any atom is -0.495 e. The molecule has 13 heteroatoms. The normalized spacial score (nSPS) is 13.9. The Labute approximate surface area is 260 Å². The van der Waals surface area contributed by atoms with Crippen molar-refractivity contribution < 1.29 is 14.3 Å². The first-order chi connectivity index (χ1) is 20.4. The van der Waals surface area contributed by atoms with Crippen molar-refractivity contribution in [3.63, 3.8) is 0 Å². The molecule has 2 aromatic heterocycles. The fourth-order valence-electron chi connectivity index (χ4n) is 4.81. The van der Waals surface area contributed by atoms with Crippen molar-refractivity contribution in [2.75, 3.05) is 45.7 Å². The fourth-order valence-corrected chi connectivity index (χ4v) is 5.51. The summed E-state index contributed by atoms with van der Waals surface area (Å²) in [4.78, 5) is 37.4. The lowest BCUT2D eigenvalue weighted by Gasteiger charge is -2.39. The summed E-state index contributed by atoms with van der Waals surface area (Å²) in [6, 6.07) is 5.27. The molecule has 0 atom stereocenters. The van der Waals surface area contributed by atoms with Crippen LogP contribution in [0.25, 0.3) is 22.2 Å². The number of likely N-dealkylation sites (tertiary alicyclic amines) is 1. The highest BCUT2D eigenvalue weighted by Crippen LogP contribution is 2.45. The van der Waals surface area contributed by atoms with Gasteiger partial charge in [-0.2, -0.15) is 10.2 Å². The third kappa shape index (κ3) is 6.88. The van der Waals surface area contributed by atoms with Gasteiger partial charge in [-0.1, -0.05) is 50.0 Å². The zero-order valence-electron chi connectivity index (χ0n) is 25.0. The van der Waals surface area contributed by atoms with Gasteiger partial charge < -0.3 is 25.0 Å². The molecule has 1 aliphatic heterocycles. The van der Waals surface area contributed by atoms with Crippen LogP contribution in [0.4, 0.5) is 5.95 Å². The van der Waals surface area contributed by atoms with Gasteiger partial charge in [-0.15, -0.1) is 0 Å². The third-order valence-corrected chi connectivity index (χ3v) is 7.62. The van der Waals surface area contributed by atoms with E-state index in [0.29, 0.717) is 54.7 Å². The molecule has 0 spiro atoms. The molecule has 0 unspecified atom stereocenters. The molecule has 11 nitrogen and oxygen atoms in total. The zero-order valence-corrected chi connectivity index (χ0v) is 26.6. The second-order valence-corrected chi connectivity index (χ2v) is 12.0. The number of carbonyl (C=O) groups excluding carboxylic acids is 1. The molecule has 43 heavy (non-hydrogen) atoms. The molecule has 228 valence electrons. The lowest BCUT2D eigenvalue weighted by molar-refractivity contribution is -0.131. The maximum Gasteiger partial charge on any atom is 0.264 e. The van der Waals surface area contributed by atoms with Crippen LogP contribution in [0.3, 0.4) is 0 Å². The number of amides is 1. The molecule has 0 saturated carbocycles. The second-order valence-electron chi connectivity index (χ2n) is 11.2. The van der Waals surface area contributed by atoms with Crippen LogP contribution in [-0.2, 0) is 11.3 Å². The molecule has 1 saturated heterocycles. The van der Waals surface area contributed by atoms with Gasteiger partial charge in [0.2, 0.25) is 5.95 Å². The number of aromatic nitrogens is 3. The van der Waals surface area contributed by atoms with Gasteiger partial charge >= 0.3 is 0 Å². The summed E-state index contributed by atoms with van der Waals surface area (Å²) in [5.74, 6) is 0.740. The maximum absolute atomic E-state index is 14.0. The number of fused-ring (bicyclic) bond motifs is 1. The van der Waals surface area contributed by atoms with Crippen molar-refractivity contribution in [3.8, 4) is 28.7 Å². The summed E-state index contributed by atoms with van der Waals surface area (Å²) in [6.07, 6.45) is 3.33. The molecule has 0 aliphatic carbocycles. The summed E-state index contributed by atoms with van der Waals surface area (Å²) < 4.78 is 12.4. The van der Waals surface area contributed by atoms with Gasteiger partial charge in [-0.25, -0.2) is 4.98 Å². The Balaban J connectivity index is 1.63. The van der Waals surface area contributed by atoms with Crippen molar-refractivity contribution in [2.24, 2.45) is 5.41 Å². The van der Waals surface area contributed by atoms with E-state index in [1.807, 2.05) is 33.8 Å². The highest BCUT2D eigenvalue weighted by molar-refractivity contribution is 6.41. The third-order valence-electron chi connectivity index (χ3n) is 6.87. The smallest absolute Gasteiger partial charge is 0.264 e. The van der Waals surface area contributed by atoms with E-state index in [1.165, 1.54) is 14.2 Å². The largest absolute Gasteiger partial charge is 0.495 e. The molecule has 1 aromatic carbocycles. The van der Waals surface area contributed by atoms with E-state index in [0.717, 1.165) is 0 Å². The molecule has 3 aromatic rings. The van der Waals surface area contributed by atoms with Crippen LogP contribution >= 0.6 is 23.2 Å². The lowest BCUT2D eigenvalue weighted by Crippen LogP contribution is -2.60. The van der Waals surface area contributed by atoms with E-state index >= 15 is 0 Å². The Bertz CT molecular complexity index is 1640. The number of ether oxygens (including phenoxy) is 2. The van der Waals surface area contributed by atoms with Crippen molar-refractivity contribution in [2.45, 2.75) is 40.3 Å². The topological polar surface area (TPSA) is 134 Å². The first kappa shape index (κ1) is 32.1. The number of methoxy groups -OCH3 is 2. The lowest BCUT2D eigenvalue weighted by atomic mass is 9.93. The fraction of sp³-hybridized carbons (Fsp3) is 0.433. The van der Waals surface area contributed by atoms with Crippen LogP contribution in [-0.4, -0.2) is 71.8 Å². The molecule has 1 aliphatic rings. The van der Waals surface area contributed by atoms with Crippen molar-refractivity contribution in [1.82, 2.24) is 24.8 Å². The number of carbonyl (C=O) groups is 1. The number of nitrogens with one attached hydrogen (secondary N) is 2. The quantitative estimate of drug-likeness (QED) is 0.246. The first-order valence-corrected chi connectivity index (χ1v) is 14.6. The molecule has 4 rings (SSSR count). The van der Waals surface area contributed by atoms with E-state index in [4.69, 9.17) is 32.7 Å². The van der Waals surface area contributed by atoms with E-state index < -0.39 is 0 Å². The molecule has 1 fully saturated rings. The number of nitrogens with zero attached hydrogens (tertiary/aromatic N) is 5. The average molecular weight is 629 g/mol. The number of halogens is 2. The Morgan fingerprint density at radius 3 is 2.40 bits per heavy atom. The van der Waals surface area contributed by atoms with Gasteiger partial charge in [0.15, 0.2) is 0 Å². The minimum atomic E-state index is -0.356. The molecule has 2 N–H and O–H groups in total.